The molecule has 1 N–H and O–H groups in total. The van der Waals surface area contributed by atoms with Gasteiger partial charge in [-0.2, -0.15) is 0 Å². The van der Waals surface area contributed by atoms with Gasteiger partial charge in [0.15, 0.2) is 0 Å². The van der Waals surface area contributed by atoms with Crippen molar-refractivity contribution < 1.29 is 0 Å². The number of hydrogen-bond donors (Lipinski definition) is 1. The minimum Gasteiger partial charge on any atom is -0.302 e. The molecule has 18 heavy (non-hydrogen) atoms. The van der Waals surface area contributed by atoms with Gasteiger partial charge in [0.05, 0.1) is 0 Å². The van der Waals surface area contributed by atoms with Gasteiger partial charge < -0.3 is 4.90 Å². The van der Waals surface area contributed by atoms with Gasteiger partial charge in [-0.15, -0.1) is 0 Å². The third-order valence-electron chi connectivity index (χ3n) is 2.86. The lowest BCUT2D eigenvalue weighted by atomic mass is 10.1. The average molecular weight is 236 g/mol. The zero-order valence-corrected chi connectivity index (χ0v) is 10.4. The Morgan fingerprint density at radius 3 is 2.28 bits per heavy atom. The van der Waals surface area contributed by atoms with Gasteiger partial charge in [-0.25, -0.2) is 0 Å². The molecule has 0 aliphatic rings. The van der Waals surface area contributed by atoms with Crippen LogP contribution >= 0.6 is 0 Å². The number of rotatable bonds is 3. The summed E-state index contributed by atoms with van der Waals surface area (Å²) in [6.07, 6.45) is 1.67. The topological polar surface area (TPSA) is 27.1 Å². The Balaban J connectivity index is 2.38. The second kappa shape index (κ2) is 5.32. The minimum absolute atomic E-state index is 0.439. The predicted octanol–water partition coefficient (Wildman–Crippen LogP) is 3.97. The highest BCUT2D eigenvalue weighted by Gasteiger charge is 2.12. The van der Waals surface area contributed by atoms with E-state index in [-0.39, 0.29) is 0 Å². The molecule has 0 atom stereocenters. The van der Waals surface area contributed by atoms with Gasteiger partial charge >= 0.3 is 0 Å². The Labute approximate surface area is 108 Å². The third kappa shape index (κ3) is 2.33. The zero-order chi connectivity index (χ0) is 13.0. The standard InChI is InChI=1S/C16H16N2/c1-3-18(14-10-5-4-6-11-14)16(17)15-12-8-7-9-13(15)2/h3-12,17H,1H2,2H3. The Bertz CT molecular complexity index is 558. The van der Waals surface area contributed by atoms with Gasteiger partial charge in [0.25, 0.3) is 0 Å². The van der Waals surface area contributed by atoms with Gasteiger partial charge in [-0.05, 0) is 24.6 Å². The molecule has 0 aromatic heterocycles. The molecule has 0 fully saturated rings. The lowest BCUT2D eigenvalue weighted by Crippen LogP contribution is -2.25. The summed E-state index contributed by atoms with van der Waals surface area (Å²) < 4.78 is 0. The van der Waals surface area contributed by atoms with Crippen molar-refractivity contribution in [2.45, 2.75) is 6.92 Å². The molecule has 2 rings (SSSR count). The first kappa shape index (κ1) is 12.1. The maximum Gasteiger partial charge on any atom is 0.136 e. The molecule has 0 spiro atoms. The van der Waals surface area contributed by atoms with Crippen molar-refractivity contribution in [3.05, 3.63) is 78.5 Å². The van der Waals surface area contributed by atoms with Crippen LogP contribution < -0.4 is 4.90 Å². The summed E-state index contributed by atoms with van der Waals surface area (Å²) in [6.45, 7) is 5.81. The summed E-state index contributed by atoms with van der Waals surface area (Å²) in [5, 5.41) is 8.32. The summed E-state index contributed by atoms with van der Waals surface area (Å²) in [5.41, 5.74) is 2.95. The highest BCUT2D eigenvalue weighted by Crippen LogP contribution is 2.18. The molecule has 0 aliphatic heterocycles. The van der Waals surface area contributed by atoms with Gasteiger partial charge in [0, 0.05) is 17.5 Å². The van der Waals surface area contributed by atoms with Gasteiger partial charge in [-0.3, -0.25) is 5.41 Å². The molecule has 0 saturated heterocycles. The number of amidine groups is 1. The molecule has 0 saturated carbocycles. The van der Waals surface area contributed by atoms with Gasteiger partial charge in [0.1, 0.15) is 5.84 Å². The normalized spacial score (nSPS) is 9.83. The van der Waals surface area contributed by atoms with Crippen LogP contribution in [-0.2, 0) is 0 Å². The molecular weight excluding hydrogens is 220 g/mol. The fourth-order valence-corrected chi connectivity index (χ4v) is 1.88. The van der Waals surface area contributed by atoms with Crippen molar-refractivity contribution in [1.29, 1.82) is 5.41 Å². The molecule has 0 heterocycles. The lowest BCUT2D eigenvalue weighted by molar-refractivity contribution is 1.27. The second-order valence-corrected chi connectivity index (χ2v) is 4.05. The van der Waals surface area contributed by atoms with Crippen LogP contribution in [0.2, 0.25) is 0 Å². The van der Waals surface area contributed by atoms with Crippen LogP contribution in [0.25, 0.3) is 0 Å². The van der Waals surface area contributed by atoms with Crippen molar-refractivity contribution in [3.63, 3.8) is 0 Å². The summed E-state index contributed by atoms with van der Waals surface area (Å²) in [7, 11) is 0. The zero-order valence-electron chi connectivity index (χ0n) is 10.4. The van der Waals surface area contributed by atoms with E-state index >= 15 is 0 Å². The van der Waals surface area contributed by atoms with Gasteiger partial charge in [-0.1, -0.05) is 49.0 Å². The van der Waals surface area contributed by atoms with E-state index in [1.807, 2.05) is 61.5 Å². The SMILES string of the molecule is C=CN(C(=N)c1ccccc1C)c1ccccc1. The summed E-state index contributed by atoms with van der Waals surface area (Å²) in [4.78, 5) is 1.78. The highest BCUT2D eigenvalue weighted by molar-refractivity contribution is 6.09. The van der Waals surface area contributed by atoms with Crippen LogP contribution in [0.5, 0.6) is 0 Å². The molecule has 0 unspecified atom stereocenters. The molecule has 2 aromatic rings. The van der Waals surface area contributed by atoms with E-state index in [1.54, 1.807) is 11.1 Å². The fourth-order valence-electron chi connectivity index (χ4n) is 1.88. The van der Waals surface area contributed by atoms with Crippen molar-refractivity contribution in [2.24, 2.45) is 0 Å². The first-order valence-electron chi connectivity index (χ1n) is 5.85. The van der Waals surface area contributed by atoms with E-state index in [1.165, 1.54) is 0 Å². The number of nitrogens with one attached hydrogen (secondary N) is 1. The second-order valence-electron chi connectivity index (χ2n) is 4.05. The number of hydrogen-bond acceptors (Lipinski definition) is 1. The number of nitrogens with zero attached hydrogens (tertiary/aromatic N) is 1. The molecule has 0 aliphatic carbocycles. The molecule has 90 valence electrons. The fraction of sp³-hybridized carbons (Fsp3) is 0.0625. The lowest BCUT2D eigenvalue weighted by Gasteiger charge is -2.22. The largest absolute Gasteiger partial charge is 0.302 e. The van der Waals surface area contributed by atoms with Crippen molar-refractivity contribution in [3.8, 4) is 0 Å². The Hall–Kier alpha value is -2.35. The number of aryl methyl sites for hydroxylation is 1. The smallest absolute Gasteiger partial charge is 0.136 e. The van der Waals surface area contributed by atoms with E-state index in [0.29, 0.717) is 5.84 Å². The van der Waals surface area contributed by atoms with E-state index in [9.17, 15) is 0 Å². The van der Waals surface area contributed by atoms with Crippen LogP contribution in [0.1, 0.15) is 11.1 Å². The van der Waals surface area contributed by atoms with E-state index in [4.69, 9.17) is 5.41 Å². The third-order valence-corrected chi connectivity index (χ3v) is 2.86. The van der Waals surface area contributed by atoms with E-state index < -0.39 is 0 Å². The first-order valence-corrected chi connectivity index (χ1v) is 5.85. The Kier molecular flexibility index (Phi) is 3.58. The van der Waals surface area contributed by atoms with Gasteiger partial charge in [0.2, 0.25) is 0 Å². The molecule has 2 aromatic carbocycles. The average Bonchev–Trinajstić information content (AvgIpc) is 2.41. The van der Waals surface area contributed by atoms with Crippen molar-refractivity contribution in [2.75, 3.05) is 4.90 Å². The predicted molar refractivity (Wildman–Crippen MR) is 77.1 cm³/mol. The Morgan fingerprint density at radius 2 is 1.67 bits per heavy atom. The minimum atomic E-state index is 0.439. The molecular formula is C16H16N2. The molecule has 0 bridgehead atoms. The first-order chi connectivity index (χ1) is 8.74. The quantitative estimate of drug-likeness (QED) is 0.633. The summed E-state index contributed by atoms with van der Waals surface area (Å²) in [6, 6.07) is 17.7. The molecule has 2 nitrogen and oxygen atoms in total. The van der Waals surface area contributed by atoms with Crippen LogP contribution in [0.15, 0.2) is 67.4 Å². The molecule has 0 amide bonds. The summed E-state index contributed by atoms with van der Waals surface area (Å²) >= 11 is 0. The molecule has 2 heteroatoms. The van der Waals surface area contributed by atoms with E-state index in [0.717, 1.165) is 16.8 Å². The van der Waals surface area contributed by atoms with Crippen molar-refractivity contribution in [1.82, 2.24) is 0 Å². The van der Waals surface area contributed by atoms with E-state index in [2.05, 4.69) is 6.58 Å². The maximum atomic E-state index is 8.32. The van der Waals surface area contributed by atoms with Crippen LogP contribution in [0.3, 0.4) is 0 Å². The molecule has 0 radical (unpaired) electrons. The monoisotopic (exact) mass is 236 g/mol. The Morgan fingerprint density at radius 1 is 1.06 bits per heavy atom. The number of anilines is 1. The van der Waals surface area contributed by atoms with Crippen LogP contribution in [-0.4, -0.2) is 5.84 Å². The summed E-state index contributed by atoms with van der Waals surface area (Å²) in [5.74, 6) is 0.439. The van der Waals surface area contributed by atoms with Crippen LogP contribution in [0, 0.1) is 12.3 Å². The van der Waals surface area contributed by atoms with Crippen LogP contribution in [0.4, 0.5) is 5.69 Å². The highest BCUT2D eigenvalue weighted by atomic mass is 15.2. The number of benzene rings is 2. The van der Waals surface area contributed by atoms with Crippen molar-refractivity contribution >= 4 is 11.5 Å². The maximum absolute atomic E-state index is 8.32. The number of para-hydroxylation sites is 1.